The van der Waals surface area contributed by atoms with E-state index in [0.29, 0.717) is 6.04 Å². The molecule has 0 bridgehead atoms. The standard InChI is InChI=1S/C27H34ClN7/c1-2-20(31-17-19(16-29)25-18-32-23-9-3-4-10-24(23)34-25)13-14-30-21-7-5-8-22(15-21)33-27-12-6-11-26(28)35-27/h3-12,15-17,20,25-26,29-35H,2,13-14,18H2,1H3/b19-17+,29-16?. The monoisotopic (exact) mass is 491 g/mol. The van der Waals surface area contributed by atoms with Gasteiger partial charge in [0.1, 0.15) is 11.3 Å². The number of hydrogen-bond acceptors (Lipinski definition) is 7. The molecule has 0 aliphatic carbocycles. The van der Waals surface area contributed by atoms with Gasteiger partial charge in [0.05, 0.1) is 17.4 Å². The number of para-hydroxylation sites is 2. The Labute approximate surface area is 212 Å². The number of hydrogen-bond donors (Lipinski definition) is 7. The summed E-state index contributed by atoms with van der Waals surface area (Å²) in [4.78, 5) is 0. The highest BCUT2D eigenvalue weighted by atomic mass is 35.5. The lowest BCUT2D eigenvalue weighted by molar-refractivity contribution is 0.538. The lowest BCUT2D eigenvalue weighted by Crippen LogP contribution is -2.36. The molecule has 2 aromatic rings. The van der Waals surface area contributed by atoms with Crippen LogP contribution in [-0.2, 0) is 0 Å². The quantitative estimate of drug-likeness (QED) is 0.131. The van der Waals surface area contributed by atoms with Gasteiger partial charge in [-0.2, -0.15) is 0 Å². The molecule has 3 atom stereocenters. The summed E-state index contributed by atoms with van der Waals surface area (Å²) < 4.78 is 0. The topological polar surface area (TPSA) is 96.0 Å². The smallest absolute Gasteiger partial charge is 0.121 e. The highest BCUT2D eigenvalue weighted by molar-refractivity contribution is 6.21. The molecule has 8 heteroatoms. The summed E-state index contributed by atoms with van der Waals surface area (Å²) >= 11 is 6.12. The van der Waals surface area contributed by atoms with Gasteiger partial charge in [0, 0.05) is 48.5 Å². The molecule has 3 unspecified atom stereocenters. The van der Waals surface area contributed by atoms with Gasteiger partial charge >= 0.3 is 0 Å². The number of dihydropyridines is 1. The molecular formula is C27H34ClN7. The van der Waals surface area contributed by atoms with Crippen molar-refractivity contribution in [2.75, 3.05) is 34.4 Å². The number of allylic oxidation sites excluding steroid dienone is 2. The highest BCUT2D eigenvalue weighted by Crippen LogP contribution is 2.27. The van der Waals surface area contributed by atoms with Crippen LogP contribution in [0.5, 0.6) is 0 Å². The molecule has 0 amide bonds. The Morgan fingerprint density at radius 3 is 2.77 bits per heavy atom. The molecule has 0 spiro atoms. The molecule has 0 aromatic heterocycles. The van der Waals surface area contributed by atoms with Crippen LogP contribution in [0.25, 0.3) is 0 Å². The van der Waals surface area contributed by atoms with Crippen LogP contribution in [0.2, 0.25) is 0 Å². The number of rotatable bonds is 11. The molecule has 0 radical (unpaired) electrons. The molecule has 2 heterocycles. The molecule has 7 nitrogen and oxygen atoms in total. The van der Waals surface area contributed by atoms with Crippen molar-refractivity contribution in [1.82, 2.24) is 10.6 Å². The van der Waals surface area contributed by atoms with Crippen LogP contribution >= 0.6 is 11.6 Å². The van der Waals surface area contributed by atoms with Gasteiger partial charge in [-0.05, 0) is 55.3 Å². The van der Waals surface area contributed by atoms with E-state index in [9.17, 15) is 0 Å². The van der Waals surface area contributed by atoms with Crippen LogP contribution in [0.3, 0.4) is 0 Å². The van der Waals surface area contributed by atoms with E-state index in [4.69, 9.17) is 17.0 Å². The molecular weight excluding hydrogens is 458 g/mol. The molecule has 7 N–H and O–H groups in total. The maximum atomic E-state index is 7.92. The largest absolute Gasteiger partial charge is 0.388 e. The van der Waals surface area contributed by atoms with Crippen LogP contribution < -0.4 is 31.9 Å². The molecule has 184 valence electrons. The van der Waals surface area contributed by atoms with E-state index in [1.807, 2.05) is 48.7 Å². The number of benzene rings is 2. The number of anilines is 4. The van der Waals surface area contributed by atoms with Crippen molar-refractivity contribution >= 4 is 40.6 Å². The Balaban J connectivity index is 1.27. The summed E-state index contributed by atoms with van der Waals surface area (Å²) in [6.45, 7) is 3.77. The summed E-state index contributed by atoms with van der Waals surface area (Å²) in [7, 11) is 0. The maximum absolute atomic E-state index is 7.92. The zero-order chi connectivity index (χ0) is 24.5. The van der Waals surface area contributed by atoms with Gasteiger partial charge in [0.2, 0.25) is 0 Å². The molecule has 2 aromatic carbocycles. The van der Waals surface area contributed by atoms with E-state index < -0.39 is 0 Å². The third-order valence-electron chi connectivity index (χ3n) is 6.10. The predicted octanol–water partition coefficient (Wildman–Crippen LogP) is 5.27. The first kappa shape index (κ1) is 24.5. The van der Waals surface area contributed by atoms with Crippen LogP contribution in [-0.4, -0.2) is 36.9 Å². The summed E-state index contributed by atoms with van der Waals surface area (Å²) in [5, 5.41) is 28.5. The molecule has 35 heavy (non-hydrogen) atoms. The van der Waals surface area contributed by atoms with Crippen LogP contribution in [0.15, 0.2) is 84.4 Å². The average molecular weight is 492 g/mol. The fourth-order valence-electron chi connectivity index (χ4n) is 4.10. The molecule has 0 saturated heterocycles. The summed E-state index contributed by atoms with van der Waals surface area (Å²) in [5.41, 5.74) is 4.95. The Kier molecular flexibility index (Phi) is 8.57. The van der Waals surface area contributed by atoms with Gasteiger partial charge in [-0.15, -0.1) is 0 Å². The maximum Gasteiger partial charge on any atom is 0.121 e. The normalized spacial score (nSPS) is 19.7. The lowest BCUT2D eigenvalue weighted by Gasteiger charge is -2.29. The lowest BCUT2D eigenvalue weighted by atomic mass is 10.0. The van der Waals surface area contributed by atoms with Crippen molar-refractivity contribution in [2.24, 2.45) is 0 Å². The SMILES string of the molecule is CCC(CCNc1cccc(NC2=CC=CC(Cl)N2)c1)N/C=C(\C=N)C1CNc2ccccc2N1. The van der Waals surface area contributed by atoms with E-state index in [-0.39, 0.29) is 11.5 Å². The zero-order valence-corrected chi connectivity index (χ0v) is 20.7. The van der Waals surface area contributed by atoms with Crippen molar-refractivity contribution in [3.8, 4) is 0 Å². The van der Waals surface area contributed by atoms with Gasteiger partial charge < -0.3 is 37.3 Å². The van der Waals surface area contributed by atoms with E-state index >= 15 is 0 Å². The Hall–Kier alpha value is -3.58. The van der Waals surface area contributed by atoms with Gasteiger partial charge in [-0.1, -0.05) is 42.8 Å². The van der Waals surface area contributed by atoms with Crippen molar-refractivity contribution < 1.29 is 0 Å². The van der Waals surface area contributed by atoms with E-state index in [0.717, 1.165) is 60.1 Å². The zero-order valence-electron chi connectivity index (χ0n) is 19.9. The van der Waals surface area contributed by atoms with Crippen molar-refractivity contribution in [1.29, 1.82) is 5.41 Å². The summed E-state index contributed by atoms with van der Waals surface area (Å²) in [6, 6.07) is 16.7. The summed E-state index contributed by atoms with van der Waals surface area (Å²) in [5.74, 6) is 0.875. The van der Waals surface area contributed by atoms with Crippen LogP contribution in [0, 0.1) is 5.41 Å². The van der Waals surface area contributed by atoms with E-state index in [1.165, 1.54) is 6.21 Å². The van der Waals surface area contributed by atoms with Crippen LogP contribution in [0.4, 0.5) is 22.7 Å². The fourth-order valence-corrected chi connectivity index (χ4v) is 4.30. The summed E-state index contributed by atoms with van der Waals surface area (Å²) in [6.07, 6.45) is 11.2. The molecule has 2 aliphatic heterocycles. The highest BCUT2D eigenvalue weighted by Gasteiger charge is 2.19. The van der Waals surface area contributed by atoms with Crippen molar-refractivity contribution in [3.63, 3.8) is 0 Å². The average Bonchev–Trinajstić information content (AvgIpc) is 2.88. The fraction of sp³-hybridized carbons (Fsp3) is 0.296. The van der Waals surface area contributed by atoms with Crippen LogP contribution in [0.1, 0.15) is 19.8 Å². The number of fused-ring (bicyclic) bond motifs is 1. The minimum atomic E-state index is -0.203. The number of nitrogens with one attached hydrogen (secondary N) is 7. The Morgan fingerprint density at radius 1 is 1.14 bits per heavy atom. The van der Waals surface area contributed by atoms with Gasteiger partial charge in [0.15, 0.2) is 0 Å². The minimum Gasteiger partial charge on any atom is -0.388 e. The molecule has 0 saturated carbocycles. The third-order valence-corrected chi connectivity index (χ3v) is 6.36. The van der Waals surface area contributed by atoms with Crippen molar-refractivity contribution in [2.45, 2.75) is 37.4 Å². The van der Waals surface area contributed by atoms with Gasteiger partial charge in [-0.25, -0.2) is 0 Å². The third kappa shape index (κ3) is 6.96. The van der Waals surface area contributed by atoms with E-state index in [2.05, 4.69) is 63.1 Å². The minimum absolute atomic E-state index is 0.0547. The first-order chi connectivity index (χ1) is 17.1. The number of alkyl halides is 1. The second kappa shape index (κ2) is 12.2. The second-order valence-electron chi connectivity index (χ2n) is 8.62. The molecule has 0 fully saturated rings. The van der Waals surface area contributed by atoms with Gasteiger partial charge in [0.25, 0.3) is 0 Å². The first-order valence-electron chi connectivity index (χ1n) is 12.1. The Bertz CT molecular complexity index is 1090. The van der Waals surface area contributed by atoms with Crippen molar-refractivity contribution in [3.05, 3.63) is 84.4 Å². The Morgan fingerprint density at radius 2 is 1.97 bits per heavy atom. The van der Waals surface area contributed by atoms with E-state index in [1.54, 1.807) is 0 Å². The molecule has 4 rings (SSSR count). The predicted molar refractivity (Wildman–Crippen MR) is 150 cm³/mol. The van der Waals surface area contributed by atoms with Gasteiger partial charge in [-0.3, -0.25) is 0 Å². The first-order valence-corrected chi connectivity index (χ1v) is 12.5. The number of halogens is 1. The molecule has 2 aliphatic rings. The second-order valence-corrected chi connectivity index (χ2v) is 9.09.